The van der Waals surface area contributed by atoms with Crippen molar-refractivity contribution in [2.75, 3.05) is 13.2 Å². The molecule has 0 aromatic heterocycles. The third-order valence-corrected chi connectivity index (χ3v) is 3.92. The second-order valence-electron chi connectivity index (χ2n) is 6.43. The SMILES string of the molecule is CC(NC(=O)C(NC(=O)C(N)CCCCN)C(C)O)C(=O)NC(CO)C(=O)O. The van der Waals surface area contributed by atoms with Gasteiger partial charge in [-0.3, -0.25) is 14.4 Å². The van der Waals surface area contributed by atoms with Crippen LogP contribution in [-0.2, 0) is 19.2 Å². The van der Waals surface area contributed by atoms with Crippen LogP contribution in [0.3, 0.4) is 0 Å². The Kier molecular flexibility index (Phi) is 11.9. The molecule has 5 atom stereocenters. The molecule has 12 heteroatoms. The third kappa shape index (κ3) is 9.08. The lowest BCUT2D eigenvalue weighted by Gasteiger charge is -2.25. The third-order valence-electron chi connectivity index (χ3n) is 3.92. The molecule has 0 aliphatic heterocycles. The summed E-state index contributed by atoms with van der Waals surface area (Å²) in [6.07, 6.45) is 0.399. The zero-order chi connectivity index (χ0) is 21.9. The van der Waals surface area contributed by atoms with Crippen molar-refractivity contribution in [3.8, 4) is 0 Å². The largest absolute Gasteiger partial charge is 0.480 e. The summed E-state index contributed by atoms with van der Waals surface area (Å²) in [7, 11) is 0. The number of carboxylic acids is 1. The number of hydrogen-bond acceptors (Lipinski definition) is 8. The van der Waals surface area contributed by atoms with Gasteiger partial charge in [0.15, 0.2) is 0 Å². The van der Waals surface area contributed by atoms with Crippen LogP contribution in [0.15, 0.2) is 0 Å². The van der Waals surface area contributed by atoms with E-state index in [0.29, 0.717) is 25.8 Å². The molecular weight excluding hydrogens is 374 g/mol. The first-order valence-electron chi connectivity index (χ1n) is 8.93. The number of amides is 3. The molecule has 5 unspecified atom stereocenters. The number of rotatable bonds is 13. The number of aliphatic hydroxyl groups excluding tert-OH is 2. The molecule has 0 heterocycles. The molecule has 3 amide bonds. The van der Waals surface area contributed by atoms with Crippen LogP contribution in [-0.4, -0.2) is 82.4 Å². The second kappa shape index (κ2) is 13.0. The Bertz CT molecular complexity index is 543. The van der Waals surface area contributed by atoms with Gasteiger partial charge in [0.25, 0.3) is 0 Å². The molecule has 10 N–H and O–H groups in total. The highest BCUT2D eigenvalue weighted by Gasteiger charge is 2.30. The van der Waals surface area contributed by atoms with E-state index in [1.807, 2.05) is 5.32 Å². The van der Waals surface area contributed by atoms with Crippen LogP contribution in [0.5, 0.6) is 0 Å². The van der Waals surface area contributed by atoms with Gasteiger partial charge in [-0.1, -0.05) is 6.42 Å². The van der Waals surface area contributed by atoms with Gasteiger partial charge < -0.3 is 42.7 Å². The van der Waals surface area contributed by atoms with Gasteiger partial charge in [0, 0.05) is 0 Å². The molecular formula is C16H31N5O7. The highest BCUT2D eigenvalue weighted by molar-refractivity contribution is 5.94. The summed E-state index contributed by atoms with van der Waals surface area (Å²) in [5.41, 5.74) is 11.1. The maximum absolute atomic E-state index is 12.3. The Balaban J connectivity index is 4.82. The number of aliphatic hydroxyl groups is 2. The van der Waals surface area contributed by atoms with Crippen molar-refractivity contribution in [1.82, 2.24) is 16.0 Å². The van der Waals surface area contributed by atoms with Crippen LogP contribution < -0.4 is 27.4 Å². The lowest BCUT2D eigenvalue weighted by Crippen LogP contribution is -2.59. The molecule has 162 valence electrons. The summed E-state index contributed by atoms with van der Waals surface area (Å²) in [6.45, 7) is 2.20. The van der Waals surface area contributed by atoms with Crippen LogP contribution in [0.4, 0.5) is 0 Å². The average Bonchev–Trinajstić information content (AvgIpc) is 2.62. The number of nitrogens with two attached hydrogens (primary N) is 2. The average molecular weight is 405 g/mol. The smallest absolute Gasteiger partial charge is 0.328 e. The first-order chi connectivity index (χ1) is 13.0. The van der Waals surface area contributed by atoms with E-state index in [2.05, 4.69) is 10.6 Å². The number of carboxylic acid groups (broad SMARTS) is 1. The van der Waals surface area contributed by atoms with Crippen molar-refractivity contribution in [3.63, 3.8) is 0 Å². The quantitative estimate of drug-likeness (QED) is 0.142. The van der Waals surface area contributed by atoms with Crippen molar-refractivity contribution >= 4 is 23.7 Å². The molecule has 28 heavy (non-hydrogen) atoms. The number of hydrogen-bond donors (Lipinski definition) is 8. The van der Waals surface area contributed by atoms with Gasteiger partial charge in [-0.2, -0.15) is 0 Å². The monoisotopic (exact) mass is 405 g/mol. The standard InChI is InChI=1S/C16H31N5O7/c1-8(13(24)20-11(7-22)16(27)28)19-15(26)12(9(2)23)21-14(25)10(18)5-3-4-6-17/h8-12,22-23H,3-7,17-18H2,1-2H3,(H,19,26)(H,20,24)(H,21,25)(H,27,28). The van der Waals surface area contributed by atoms with Crippen molar-refractivity contribution in [2.45, 2.75) is 63.4 Å². The molecule has 0 aromatic carbocycles. The van der Waals surface area contributed by atoms with E-state index in [4.69, 9.17) is 21.7 Å². The Morgan fingerprint density at radius 3 is 2.04 bits per heavy atom. The first kappa shape index (κ1) is 25.7. The molecule has 0 aromatic rings. The Labute approximate surface area is 163 Å². The zero-order valence-corrected chi connectivity index (χ0v) is 16.1. The minimum Gasteiger partial charge on any atom is -0.480 e. The van der Waals surface area contributed by atoms with Crippen molar-refractivity contribution in [3.05, 3.63) is 0 Å². The van der Waals surface area contributed by atoms with E-state index in [-0.39, 0.29) is 0 Å². The van der Waals surface area contributed by atoms with E-state index in [9.17, 15) is 24.3 Å². The van der Waals surface area contributed by atoms with E-state index >= 15 is 0 Å². The molecule has 0 rings (SSSR count). The minimum absolute atomic E-state index is 0.355. The summed E-state index contributed by atoms with van der Waals surface area (Å²) in [6, 6.07) is -4.96. The van der Waals surface area contributed by atoms with Gasteiger partial charge in [0.1, 0.15) is 18.1 Å². The molecule has 12 nitrogen and oxygen atoms in total. The van der Waals surface area contributed by atoms with Crippen molar-refractivity contribution in [1.29, 1.82) is 0 Å². The van der Waals surface area contributed by atoms with Gasteiger partial charge in [0.05, 0.1) is 18.8 Å². The fourth-order valence-corrected chi connectivity index (χ4v) is 2.16. The first-order valence-corrected chi connectivity index (χ1v) is 8.93. The van der Waals surface area contributed by atoms with E-state index < -0.39 is 60.6 Å². The molecule has 0 bridgehead atoms. The Hall–Kier alpha value is -2.28. The molecule has 0 fully saturated rings. The van der Waals surface area contributed by atoms with Crippen molar-refractivity contribution < 1.29 is 34.5 Å². The summed E-state index contributed by atoms with van der Waals surface area (Å²) < 4.78 is 0. The van der Waals surface area contributed by atoms with E-state index in [1.165, 1.54) is 13.8 Å². The van der Waals surface area contributed by atoms with Crippen LogP contribution >= 0.6 is 0 Å². The summed E-state index contributed by atoms with van der Waals surface area (Å²) >= 11 is 0. The van der Waals surface area contributed by atoms with Crippen LogP contribution in [0.25, 0.3) is 0 Å². The van der Waals surface area contributed by atoms with Crippen molar-refractivity contribution in [2.24, 2.45) is 11.5 Å². The van der Waals surface area contributed by atoms with Crippen LogP contribution in [0.2, 0.25) is 0 Å². The number of nitrogens with one attached hydrogen (secondary N) is 3. The van der Waals surface area contributed by atoms with Gasteiger partial charge in [-0.25, -0.2) is 4.79 Å². The fraction of sp³-hybridized carbons (Fsp3) is 0.750. The molecule has 0 aliphatic rings. The molecule has 0 aliphatic carbocycles. The lowest BCUT2D eigenvalue weighted by molar-refractivity contribution is -0.143. The number of carbonyl (C=O) groups excluding carboxylic acids is 3. The van der Waals surface area contributed by atoms with Gasteiger partial charge in [-0.05, 0) is 33.2 Å². The van der Waals surface area contributed by atoms with E-state index in [1.54, 1.807) is 0 Å². The highest BCUT2D eigenvalue weighted by atomic mass is 16.4. The summed E-state index contributed by atoms with van der Waals surface area (Å²) in [5.74, 6) is -3.78. The van der Waals surface area contributed by atoms with Gasteiger partial charge in [-0.15, -0.1) is 0 Å². The minimum atomic E-state index is -1.52. The zero-order valence-electron chi connectivity index (χ0n) is 16.1. The highest BCUT2D eigenvalue weighted by Crippen LogP contribution is 2.01. The number of aliphatic carboxylic acids is 1. The van der Waals surface area contributed by atoms with Gasteiger partial charge >= 0.3 is 5.97 Å². The molecule has 0 saturated heterocycles. The predicted octanol–water partition coefficient (Wildman–Crippen LogP) is -3.63. The second-order valence-corrected chi connectivity index (χ2v) is 6.43. The van der Waals surface area contributed by atoms with Crippen LogP contribution in [0, 0.1) is 0 Å². The normalized spacial score (nSPS) is 16.2. The molecule has 0 saturated carbocycles. The number of carbonyl (C=O) groups is 4. The summed E-state index contributed by atoms with van der Waals surface area (Å²) in [5, 5.41) is 34.2. The maximum Gasteiger partial charge on any atom is 0.328 e. The molecule has 0 radical (unpaired) electrons. The predicted molar refractivity (Wildman–Crippen MR) is 98.7 cm³/mol. The fourth-order valence-electron chi connectivity index (χ4n) is 2.16. The van der Waals surface area contributed by atoms with Gasteiger partial charge in [0.2, 0.25) is 17.7 Å². The lowest BCUT2D eigenvalue weighted by atomic mass is 10.1. The summed E-state index contributed by atoms with van der Waals surface area (Å²) in [4.78, 5) is 47.2. The number of unbranched alkanes of at least 4 members (excludes halogenated alkanes) is 1. The Morgan fingerprint density at radius 2 is 1.57 bits per heavy atom. The Morgan fingerprint density at radius 1 is 0.964 bits per heavy atom. The molecule has 0 spiro atoms. The van der Waals surface area contributed by atoms with Crippen LogP contribution in [0.1, 0.15) is 33.1 Å². The van der Waals surface area contributed by atoms with E-state index in [0.717, 1.165) is 0 Å². The maximum atomic E-state index is 12.3. The topological polar surface area (TPSA) is 217 Å².